The molecule has 0 radical (unpaired) electrons. The third-order valence-corrected chi connectivity index (χ3v) is 19.5. The molecule has 8 heteroatoms. The van der Waals surface area contributed by atoms with E-state index in [4.69, 9.17) is 19.9 Å². The molecule has 468 valence electrons. The normalized spacial score (nSPS) is 11.6. The Bertz CT molecular complexity index is 5980. The highest BCUT2D eigenvalue weighted by atomic mass is 15.2. The SMILES string of the molecule is c1ccc(-c2cc(-c3ccccc3)nc(-n3c4ccccc4c4cc(-c5ccc6c(c5)c5ccccc5n6-c5ccccc5)ccc43)n2)cc1.c1ccc(-c2cc(-n3c4ccccc4c4cc(-c5ccc6c(c5)c5ccccc5n6-c5ccccc5)ccc43)nc(-c3ccccc3)n2)cc1. The molecule has 20 rings (SSSR count). The Morgan fingerprint density at radius 2 is 0.450 bits per heavy atom. The summed E-state index contributed by atoms with van der Waals surface area (Å²) >= 11 is 0. The Kier molecular flexibility index (Phi) is 14.0. The van der Waals surface area contributed by atoms with E-state index in [0.29, 0.717) is 11.8 Å². The minimum atomic E-state index is 0.652. The summed E-state index contributed by atoms with van der Waals surface area (Å²) in [6.07, 6.45) is 0. The Morgan fingerprint density at radius 1 is 0.170 bits per heavy atom. The molecule has 8 nitrogen and oxygen atoms in total. The van der Waals surface area contributed by atoms with Crippen LogP contribution >= 0.6 is 0 Å². The summed E-state index contributed by atoms with van der Waals surface area (Å²) < 4.78 is 9.22. The summed E-state index contributed by atoms with van der Waals surface area (Å²) in [5.74, 6) is 2.19. The molecule has 0 saturated heterocycles. The van der Waals surface area contributed by atoms with Crippen molar-refractivity contribution >= 4 is 87.2 Å². The second kappa shape index (κ2) is 24.3. The first-order valence-corrected chi connectivity index (χ1v) is 33.9. The number of hydrogen-bond donors (Lipinski definition) is 0. The van der Waals surface area contributed by atoms with Gasteiger partial charge in [-0.3, -0.25) is 9.13 Å². The van der Waals surface area contributed by atoms with Gasteiger partial charge in [-0.05, 0) is 125 Å². The molecule has 0 aliphatic carbocycles. The topological polar surface area (TPSA) is 71.3 Å². The van der Waals surface area contributed by atoms with Crippen molar-refractivity contribution in [1.29, 1.82) is 0 Å². The highest BCUT2D eigenvalue weighted by molar-refractivity contribution is 6.15. The van der Waals surface area contributed by atoms with E-state index in [9.17, 15) is 0 Å². The molecule has 0 spiro atoms. The van der Waals surface area contributed by atoms with Crippen molar-refractivity contribution in [3.05, 3.63) is 364 Å². The Morgan fingerprint density at radius 3 is 0.830 bits per heavy atom. The van der Waals surface area contributed by atoms with Gasteiger partial charge in [-0.25, -0.2) is 19.9 Å². The Labute approximate surface area is 576 Å². The molecule has 0 unspecified atom stereocenters. The van der Waals surface area contributed by atoms with E-state index in [1.807, 2.05) is 36.4 Å². The second-order valence-corrected chi connectivity index (χ2v) is 25.3. The van der Waals surface area contributed by atoms with E-state index in [2.05, 4.69) is 346 Å². The fourth-order valence-electron chi connectivity index (χ4n) is 14.9. The highest BCUT2D eigenvalue weighted by Crippen LogP contribution is 2.42. The van der Waals surface area contributed by atoms with Crippen molar-refractivity contribution in [2.24, 2.45) is 0 Å². The smallest absolute Gasteiger partial charge is 0.235 e. The largest absolute Gasteiger partial charge is 0.309 e. The van der Waals surface area contributed by atoms with Crippen LogP contribution in [0.1, 0.15) is 0 Å². The molecule has 100 heavy (non-hydrogen) atoms. The summed E-state index contributed by atoms with van der Waals surface area (Å²) in [7, 11) is 0. The molecule has 0 bridgehead atoms. The van der Waals surface area contributed by atoms with Gasteiger partial charge in [0.15, 0.2) is 5.82 Å². The molecule has 14 aromatic carbocycles. The van der Waals surface area contributed by atoms with Crippen LogP contribution in [0.5, 0.6) is 0 Å². The van der Waals surface area contributed by atoms with Gasteiger partial charge in [0, 0.05) is 82.8 Å². The first kappa shape index (κ1) is 57.9. The van der Waals surface area contributed by atoms with Crippen molar-refractivity contribution in [1.82, 2.24) is 38.2 Å². The maximum atomic E-state index is 5.19. The van der Waals surface area contributed by atoms with Crippen LogP contribution in [0.4, 0.5) is 0 Å². The molecule has 6 heterocycles. The molecule has 20 aromatic rings. The van der Waals surface area contributed by atoms with Crippen LogP contribution in [0.25, 0.3) is 178 Å². The van der Waals surface area contributed by atoms with Crippen molar-refractivity contribution < 1.29 is 0 Å². The fourth-order valence-corrected chi connectivity index (χ4v) is 14.9. The summed E-state index contributed by atoms with van der Waals surface area (Å²) in [6, 6.07) is 129. The van der Waals surface area contributed by atoms with Crippen LogP contribution in [-0.2, 0) is 0 Å². The number of hydrogen-bond acceptors (Lipinski definition) is 4. The van der Waals surface area contributed by atoms with Gasteiger partial charge in [0.1, 0.15) is 5.82 Å². The van der Waals surface area contributed by atoms with Crippen LogP contribution < -0.4 is 0 Å². The second-order valence-electron chi connectivity index (χ2n) is 25.3. The molecular weight excluding hydrogens is 1220 g/mol. The molecule has 6 aromatic heterocycles. The maximum absolute atomic E-state index is 5.19. The van der Waals surface area contributed by atoms with Crippen LogP contribution in [0.2, 0.25) is 0 Å². The Hall–Kier alpha value is -13.6. The number of para-hydroxylation sites is 6. The van der Waals surface area contributed by atoms with Gasteiger partial charge in [-0.1, -0.05) is 255 Å². The molecule has 0 atom stereocenters. The molecule has 0 saturated carbocycles. The maximum Gasteiger partial charge on any atom is 0.235 e. The first-order valence-electron chi connectivity index (χ1n) is 33.9. The lowest BCUT2D eigenvalue weighted by Gasteiger charge is -2.12. The first-order chi connectivity index (χ1) is 49.6. The predicted molar refractivity (Wildman–Crippen MR) is 414 cm³/mol. The van der Waals surface area contributed by atoms with E-state index < -0.39 is 0 Å². The van der Waals surface area contributed by atoms with Crippen LogP contribution in [-0.4, -0.2) is 38.2 Å². The quantitative estimate of drug-likeness (QED) is 0.137. The highest BCUT2D eigenvalue weighted by Gasteiger charge is 2.22. The van der Waals surface area contributed by atoms with E-state index >= 15 is 0 Å². The zero-order chi connectivity index (χ0) is 66.0. The van der Waals surface area contributed by atoms with Gasteiger partial charge in [-0.15, -0.1) is 0 Å². The number of benzene rings is 14. The van der Waals surface area contributed by atoms with Crippen molar-refractivity contribution in [3.63, 3.8) is 0 Å². The van der Waals surface area contributed by atoms with E-state index in [1.54, 1.807) is 0 Å². The van der Waals surface area contributed by atoms with Crippen molar-refractivity contribution in [2.45, 2.75) is 0 Å². The fraction of sp³-hybridized carbons (Fsp3) is 0. The summed E-state index contributed by atoms with van der Waals surface area (Å²) in [4.78, 5) is 20.6. The number of nitrogens with zero attached hydrogens (tertiary/aromatic N) is 8. The summed E-state index contributed by atoms with van der Waals surface area (Å²) in [5.41, 5.74) is 23.0. The summed E-state index contributed by atoms with van der Waals surface area (Å²) in [5, 5.41) is 9.68. The zero-order valence-corrected chi connectivity index (χ0v) is 54.2. The standard InChI is InChI=1S/2C46H30N4/c1-4-14-31(15-5-1)40-30-41(32-16-6-2-7-17-32)48-46(47-40)50-43-23-13-11-21-37(43)39-29-34(25-27-45(39)50)33-24-26-44-38(28-33)36-20-10-12-22-42(36)49(44)35-18-8-3-9-19-35;1-4-14-31(15-5-1)40-30-45(48-46(47-40)32-16-6-2-7-17-32)50-42-23-13-11-21-37(42)39-29-34(25-27-44(39)50)33-24-26-43-38(28-33)36-20-10-12-22-41(36)49(43)35-18-8-3-9-19-35/h2*1-30H. The van der Waals surface area contributed by atoms with Gasteiger partial charge < -0.3 is 9.13 Å². The third-order valence-electron chi connectivity index (χ3n) is 19.5. The van der Waals surface area contributed by atoms with Crippen molar-refractivity contribution in [3.8, 4) is 90.6 Å². The minimum Gasteiger partial charge on any atom is -0.309 e. The molecule has 0 N–H and O–H groups in total. The molecule has 0 aliphatic heterocycles. The van der Waals surface area contributed by atoms with Gasteiger partial charge >= 0.3 is 0 Å². The van der Waals surface area contributed by atoms with E-state index in [-0.39, 0.29) is 0 Å². The van der Waals surface area contributed by atoms with Crippen LogP contribution in [0.15, 0.2) is 364 Å². The van der Waals surface area contributed by atoms with E-state index in [0.717, 1.165) is 78.6 Å². The van der Waals surface area contributed by atoms with Crippen LogP contribution in [0, 0.1) is 0 Å². The van der Waals surface area contributed by atoms with E-state index in [1.165, 1.54) is 87.4 Å². The predicted octanol–water partition coefficient (Wildman–Crippen LogP) is 23.3. The van der Waals surface area contributed by atoms with Gasteiger partial charge in [-0.2, -0.15) is 0 Å². The lowest BCUT2D eigenvalue weighted by atomic mass is 10.0. The third kappa shape index (κ3) is 10.0. The average Bonchev–Trinajstić information content (AvgIpc) is 1.56. The van der Waals surface area contributed by atoms with Gasteiger partial charge in [0.25, 0.3) is 0 Å². The number of rotatable bonds is 10. The van der Waals surface area contributed by atoms with Crippen LogP contribution in [0.3, 0.4) is 0 Å². The zero-order valence-electron chi connectivity index (χ0n) is 54.2. The van der Waals surface area contributed by atoms with Gasteiger partial charge in [0.2, 0.25) is 5.95 Å². The monoisotopic (exact) mass is 1280 g/mol. The van der Waals surface area contributed by atoms with Gasteiger partial charge in [0.05, 0.1) is 61.2 Å². The molecular formula is C92H60N8. The van der Waals surface area contributed by atoms with Crippen molar-refractivity contribution in [2.75, 3.05) is 0 Å². The molecule has 0 fully saturated rings. The Balaban J connectivity index is 0.000000139. The molecule has 0 amide bonds. The minimum absolute atomic E-state index is 0.652. The summed E-state index contributed by atoms with van der Waals surface area (Å²) in [6.45, 7) is 0. The lowest BCUT2D eigenvalue weighted by molar-refractivity contribution is 0.995. The lowest BCUT2D eigenvalue weighted by Crippen LogP contribution is -2.03. The average molecular weight is 1280 g/mol. The molecule has 0 aliphatic rings. The number of aromatic nitrogens is 8. The number of fused-ring (bicyclic) bond motifs is 12.